The molecule has 0 saturated carbocycles. The summed E-state index contributed by atoms with van der Waals surface area (Å²) in [5.41, 5.74) is 2.15. The summed E-state index contributed by atoms with van der Waals surface area (Å²) in [7, 11) is 0. The predicted octanol–water partition coefficient (Wildman–Crippen LogP) is 4.29. The molecule has 6 heteroatoms. The number of hydrogen-bond donors (Lipinski definition) is 2. The lowest BCUT2D eigenvalue weighted by Gasteiger charge is -2.34. The SMILES string of the molecule is OCC1CCCCN1c1nc(NCCc2ccc(Cl)cc2)c2ccccc2n1. The first-order chi connectivity index (χ1) is 13.7. The van der Waals surface area contributed by atoms with E-state index in [1.54, 1.807) is 0 Å². The summed E-state index contributed by atoms with van der Waals surface area (Å²) >= 11 is 5.97. The topological polar surface area (TPSA) is 61.3 Å². The van der Waals surface area contributed by atoms with Crippen LogP contribution in [0.4, 0.5) is 11.8 Å². The van der Waals surface area contributed by atoms with E-state index < -0.39 is 0 Å². The number of para-hydroxylation sites is 1. The third-order valence-corrected chi connectivity index (χ3v) is 5.56. The summed E-state index contributed by atoms with van der Waals surface area (Å²) < 4.78 is 0. The number of benzene rings is 2. The highest BCUT2D eigenvalue weighted by molar-refractivity contribution is 6.30. The van der Waals surface area contributed by atoms with E-state index in [0.29, 0.717) is 5.95 Å². The number of anilines is 2. The smallest absolute Gasteiger partial charge is 0.228 e. The van der Waals surface area contributed by atoms with Crippen LogP contribution in [0.3, 0.4) is 0 Å². The van der Waals surface area contributed by atoms with E-state index in [1.807, 2.05) is 48.5 Å². The molecule has 2 heterocycles. The highest BCUT2D eigenvalue weighted by Gasteiger charge is 2.24. The van der Waals surface area contributed by atoms with Gasteiger partial charge in [0.1, 0.15) is 5.82 Å². The molecule has 1 aliphatic rings. The van der Waals surface area contributed by atoms with E-state index in [-0.39, 0.29) is 12.6 Å². The van der Waals surface area contributed by atoms with Gasteiger partial charge in [0, 0.05) is 23.5 Å². The molecule has 1 unspecified atom stereocenters. The second-order valence-electron chi connectivity index (χ2n) is 7.22. The number of aromatic nitrogens is 2. The highest BCUT2D eigenvalue weighted by atomic mass is 35.5. The predicted molar refractivity (Wildman–Crippen MR) is 115 cm³/mol. The van der Waals surface area contributed by atoms with Crippen LogP contribution in [0.15, 0.2) is 48.5 Å². The average molecular weight is 397 g/mol. The fraction of sp³-hybridized carbons (Fsp3) is 0.364. The van der Waals surface area contributed by atoms with Crippen LogP contribution in [0.5, 0.6) is 0 Å². The van der Waals surface area contributed by atoms with Gasteiger partial charge in [0.05, 0.1) is 18.2 Å². The van der Waals surface area contributed by atoms with Crippen LogP contribution in [0.2, 0.25) is 5.02 Å². The Morgan fingerprint density at radius 3 is 2.71 bits per heavy atom. The first-order valence-corrected chi connectivity index (χ1v) is 10.2. The minimum atomic E-state index is 0.0943. The maximum atomic E-state index is 9.77. The summed E-state index contributed by atoms with van der Waals surface area (Å²) in [4.78, 5) is 11.8. The third-order valence-electron chi connectivity index (χ3n) is 5.31. The molecule has 146 valence electrons. The Bertz CT molecular complexity index is 931. The number of nitrogens with one attached hydrogen (secondary N) is 1. The highest BCUT2D eigenvalue weighted by Crippen LogP contribution is 2.27. The Kier molecular flexibility index (Phi) is 5.93. The van der Waals surface area contributed by atoms with E-state index in [0.717, 1.165) is 60.5 Å². The average Bonchev–Trinajstić information content (AvgIpc) is 2.75. The van der Waals surface area contributed by atoms with Gasteiger partial charge < -0.3 is 15.3 Å². The van der Waals surface area contributed by atoms with Crippen molar-refractivity contribution in [1.29, 1.82) is 0 Å². The molecule has 2 aromatic carbocycles. The van der Waals surface area contributed by atoms with Crippen LogP contribution in [0.1, 0.15) is 24.8 Å². The van der Waals surface area contributed by atoms with Crippen molar-refractivity contribution in [1.82, 2.24) is 9.97 Å². The van der Waals surface area contributed by atoms with E-state index in [4.69, 9.17) is 21.6 Å². The number of fused-ring (bicyclic) bond motifs is 1. The molecule has 1 saturated heterocycles. The van der Waals surface area contributed by atoms with Gasteiger partial charge in [0.2, 0.25) is 5.95 Å². The Morgan fingerprint density at radius 2 is 1.89 bits per heavy atom. The van der Waals surface area contributed by atoms with Gasteiger partial charge in [-0.15, -0.1) is 0 Å². The fourth-order valence-corrected chi connectivity index (χ4v) is 3.88. The van der Waals surface area contributed by atoms with Crippen molar-refractivity contribution in [3.8, 4) is 0 Å². The lowest BCUT2D eigenvalue weighted by Crippen LogP contribution is -2.43. The van der Waals surface area contributed by atoms with Crippen molar-refractivity contribution in [2.75, 3.05) is 29.9 Å². The van der Waals surface area contributed by atoms with Gasteiger partial charge in [-0.25, -0.2) is 4.98 Å². The molecule has 0 spiro atoms. The van der Waals surface area contributed by atoms with Crippen LogP contribution in [-0.2, 0) is 6.42 Å². The van der Waals surface area contributed by atoms with Crippen molar-refractivity contribution < 1.29 is 5.11 Å². The minimum absolute atomic E-state index is 0.0943. The number of hydrogen-bond acceptors (Lipinski definition) is 5. The van der Waals surface area contributed by atoms with Gasteiger partial charge >= 0.3 is 0 Å². The minimum Gasteiger partial charge on any atom is -0.394 e. The molecule has 1 aromatic heterocycles. The van der Waals surface area contributed by atoms with E-state index in [1.165, 1.54) is 5.56 Å². The van der Waals surface area contributed by atoms with Gasteiger partial charge in [-0.05, 0) is 55.5 Å². The van der Waals surface area contributed by atoms with Gasteiger partial charge in [-0.2, -0.15) is 4.98 Å². The zero-order valence-electron chi connectivity index (χ0n) is 15.8. The largest absolute Gasteiger partial charge is 0.394 e. The van der Waals surface area contributed by atoms with Crippen LogP contribution >= 0.6 is 11.6 Å². The molecular formula is C22H25ClN4O. The van der Waals surface area contributed by atoms with Crippen molar-refractivity contribution in [2.45, 2.75) is 31.7 Å². The van der Waals surface area contributed by atoms with E-state index >= 15 is 0 Å². The lowest BCUT2D eigenvalue weighted by molar-refractivity contribution is 0.239. The van der Waals surface area contributed by atoms with Crippen LogP contribution in [0.25, 0.3) is 10.9 Å². The fourth-order valence-electron chi connectivity index (χ4n) is 3.76. The summed E-state index contributed by atoms with van der Waals surface area (Å²) in [6.45, 7) is 1.79. The zero-order valence-corrected chi connectivity index (χ0v) is 16.6. The standard InChI is InChI=1S/C22H25ClN4O/c23-17-10-8-16(9-11-17)12-13-24-21-19-6-1-2-7-20(19)25-22(26-21)27-14-4-3-5-18(27)15-28/h1-2,6-11,18,28H,3-5,12-15H2,(H,24,25,26). The zero-order chi connectivity index (χ0) is 19.3. The molecule has 28 heavy (non-hydrogen) atoms. The van der Waals surface area contributed by atoms with Crippen molar-refractivity contribution >= 4 is 34.3 Å². The maximum Gasteiger partial charge on any atom is 0.228 e. The molecule has 0 aliphatic carbocycles. The van der Waals surface area contributed by atoms with Gasteiger partial charge in [0.15, 0.2) is 0 Å². The first-order valence-electron chi connectivity index (χ1n) is 9.87. The normalized spacial score (nSPS) is 17.1. The first kappa shape index (κ1) is 19.0. The monoisotopic (exact) mass is 396 g/mol. The molecule has 0 radical (unpaired) electrons. The van der Waals surface area contributed by atoms with Crippen molar-refractivity contribution in [3.63, 3.8) is 0 Å². The number of nitrogens with zero attached hydrogens (tertiary/aromatic N) is 3. The molecule has 4 rings (SSSR count). The molecule has 5 nitrogen and oxygen atoms in total. The van der Waals surface area contributed by atoms with E-state index in [2.05, 4.69) is 10.2 Å². The molecule has 0 amide bonds. The van der Waals surface area contributed by atoms with Crippen LogP contribution < -0.4 is 10.2 Å². The second kappa shape index (κ2) is 8.76. The number of piperidine rings is 1. The van der Waals surface area contributed by atoms with Gasteiger partial charge in [-0.1, -0.05) is 35.9 Å². The van der Waals surface area contributed by atoms with Crippen molar-refractivity contribution in [3.05, 3.63) is 59.1 Å². The van der Waals surface area contributed by atoms with Crippen LogP contribution in [0, 0.1) is 0 Å². The molecule has 1 fully saturated rings. The molecule has 3 aromatic rings. The number of rotatable bonds is 6. The number of aliphatic hydroxyl groups excluding tert-OH is 1. The molecule has 0 bridgehead atoms. The summed E-state index contributed by atoms with van der Waals surface area (Å²) in [6, 6.07) is 16.1. The quantitative estimate of drug-likeness (QED) is 0.650. The van der Waals surface area contributed by atoms with Gasteiger partial charge in [0.25, 0.3) is 0 Å². The summed E-state index contributed by atoms with van der Waals surface area (Å²) in [5.74, 6) is 1.54. The maximum absolute atomic E-state index is 9.77. The van der Waals surface area contributed by atoms with Gasteiger partial charge in [-0.3, -0.25) is 0 Å². The Labute approximate surface area is 170 Å². The number of aliphatic hydroxyl groups is 1. The Morgan fingerprint density at radius 1 is 1.07 bits per heavy atom. The Balaban J connectivity index is 1.58. The molecule has 1 aliphatic heterocycles. The van der Waals surface area contributed by atoms with Crippen LogP contribution in [-0.4, -0.2) is 40.8 Å². The van der Waals surface area contributed by atoms with E-state index in [9.17, 15) is 5.11 Å². The summed E-state index contributed by atoms with van der Waals surface area (Å²) in [5, 5.41) is 15.0. The third kappa shape index (κ3) is 4.21. The summed E-state index contributed by atoms with van der Waals surface area (Å²) in [6.07, 6.45) is 4.10. The Hall–Kier alpha value is -2.37. The molecule has 1 atom stereocenters. The lowest BCUT2D eigenvalue weighted by atomic mass is 10.0. The number of halogens is 1. The molecular weight excluding hydrogens is 372 g/mol. The van der Waals surface area contributed by atoms with Crippen molar-refractivity contribution in [2.24, 2.45) is 0 Å². The molecule has 2 N–H and O–H groups in total. The second-order valence-corrected chi connectivity index (χ2v) is 7.65.